The summed E-state index contributed by atoms with van der Waals surface area (Å²) >= 11 is 1.63. The second-order valence-electron chi connectivity index (χ2n) is 8.34. The fraction of sp³-hybridized carbons (Fsp3) is 0.107. The number of rotatable bonds is 8. The highest BCUT2D eigenvalue weighted by Crippen LogP contribution is 2.29. The molecule has 0 bridgehead atoms. The second-order valence-corrected chi connectivity index (χ2v) is 9.12. The van der Waals surface area contributed by atoms with Crippen molar-refractivity contribution in [1.29, 1.82) is 0 Å². The largest absolute Gasteiger partial charge is 0.397 e. The molecule has 5 rings (SSSR count). The number of hydrogen-bond donors (Lipinski definition) is 2. The number of nitrogens with one attached hydrogen (secondary N) is 1. The van der Waals surface area contributed by atoms with Gasteiger partial charge < -0.3 is 11.1 Å². The number of carbonyl (C=O) groups excluding carboxylic acids is 1. The molecule has 0 saturated carbocycles. The maximum absolute atomic E-state index is 12.6. The Morgan fingerprint density at radius 3 is 2.57 bits per heavy atom. The van der Waals surface area contributed by atoms with Crippen LogP contribution in [0.1, 0.15) is 17.7 Å². The van der Waals surface area contributed by atoms with Gasteiger partial charge in [-0.15, -0.1) is 5.10 Å². The standard InChI is InChI=1S/C28H25N5OS/c29-26-11-9-23(24-13-14-35-19-24)16-27(26)30-28(34)12-10-25-18-33(32-31-25)17-20-5-4-8-22(15-20)21-6-2-1-3-7-21/h1-9,11,13-16,18-19H,10,12,17,29H2,(H,30,34). The molecule has 3 aromatic carbocycles. The van der Waals surface area contributed by atoms with E-state index in [1.807, 2.05) is 54.0 Å². The van der Waals surface area contributed by atoms with Crippen molar-refractivity contribution in [3.8, 4) is 22.3 Å². The molecular formula is C28H25N5OS. The Kier molecular flexibility index (Phi) is 6.68. The molecule has 0 atom stereocenters. The lowest BCUT2D eigenvalue weighted by molar-refractivity contribution is -0.116. The third-order valence-corrected chi connectivity index (χ3v) is 6.44. The number of amides is 1. The summed E-state index contributed by atoms with van der Waals surface area (Å²) in [4.78, 5) is 12.6. The van der Waals surface area contributed by atoms with Crippen LogP contribution in [0.25, 0.3) is 22.3 Å². The molecule has 0 radical (unpaired) electrons. The van der Waals surface area contributed by atoms with Crippen molar-refractivity contribution < 1.29 is 4.79 Å². The minimum Gasteiger partial charge on any atom is -0.397 e. The molecule has 7 heteroatoms. The molecule has 2 aromatic heterocycles. The van der Waals surface area contributed by atoms with Crippen molar-refractivity contribution in [2.45, 2.75) is 19.4 Å². The Bertz CT molecular complexity index is 1430. The van der Waals surface area contributed by atoms with E-state index in [1.54, 1.807) is 16.0 Å². The van der Waals surface area contributed by atoms with E-state index in [0.717, 1.165) is 22.4 Å². The fourth-order valence-electron chi connectivity index (χ4n) is 3.92. The highest BCUT2D eigenvalue weighted by Gasteiger charge is 2.10. The summed E-state index contributed by atoms with van der Waals surface area (Å²) in [6.07, 6.45) is 2.69. The zero-order chi connectivity index (χ0) is 24.0. The van der Waals surface area contributed by atoms with Crippen molar-refractivity contribution >= 4 is 28.6 Å². The van der Waals surface area contributed by atoms with E-state index in [1.165, 1.54) is 11.1 Å². The summed E-state index contributed by atoms with van der Waals surface area (Å²) in [5, 5.41) is 15.5. The summed E-state index contributed by atoms with van der Waals surface area (Å²) in [6, 6.07) is 26.4. The van der Waals surface area contributed by atoms with Crippen molar-refractivity contribution in [2.75, 3.05) is 11.1 Å². The zero-order valence-electron chi connectivity index (χ0n) is 19.1. The number of aromatic nitrogens is 3. The van der Waals surface area contributed by atoms with Crippen molar-refractivity contribution in [3.63, 3.8) is 0 Å². The van der Waals surface area contributed by atoms with Crippen LogP contribution in [0.15, 0.2) is 95.8 Å². The normalized spacial score (nSPS) is 10.9. The summed E-state index contributed by atoms with van der Waals surface area (Å²) in [6.45, 7) is 0.617. The van der Waals surface area contributed by atoms with E-state index < -0.39 is 0 Å². The van der Waals surface area contributed by atoms with Crippen LogP contribution >= 0.6 is 11.3 Å². The number of thiophene rings is 1. The van der Waals surface area contributed by atoms with Gasteiger partial charge in [0.1, 0.15) is 0 Å². The minimum absolute atomic E-state index is 0.107. The molecule has 3 N–H and O–H groups in total. The predicted molar refractivity (Wildman–Crippen MR) is 142 cm³/mol. The van der Waals surface area contributed by atoms with Crippen LogP contribution < -0.4 is 11.1 Å². The van der Waals surface area contributed by atoms with Crippen LogP contribution in [-0.4, -0.2) is 20.9 Å². The van der Waals surface area contributed by atoms with Gasteiger partial charge in [-0.2, -0.15) is 11.3 Å². The Hall–Kier alpha value is -4.23. The van der Waals surface area contributed by atoms with Gasteiger partial charge in [-0.3, -0.25) is 4.79 Å². The number of nitrogens with zero attached hydrogens (tertiary/aromatic N) is 3. The number of carbonyl (C=O) groups is 1. The first kappa shape index (κ1) is 22.6. The van der Waals surface area contributed by atoms with E-state index in [0.29, 0.717) is 30.8 Å². The third-order valence-electron chi connectivity index (χ3n) is 5.75. The van der Waals surface area contributed by atoms with Gasteiger partial charge in [0.2, 0.25) is 5.91 Å². The van der Waals surface area contributed by atoms with Gasteiger partial charge in [0.15, 0.2) is 0 Å². The molecule has 0 fully saturated rings. The van der Waals surface area contributed by atoms with E-state index in [4.69, 9.17) is 5.73 Å². The van der Waals surface area contributed by atoms with E-state index in [-0.39, 0.29) is 5.91 Å². The summed E-state index contributed by atoms with van der Waals surface area (Å²) < 4.78 is 1.81. The molecule has 1 amide bonds. The lowest BCUT2D eigenvalue weighted by Gasteiger charge is -2.10. The van der Waals surface area contributed by atoms with Gasteiger partial charge in [0, 0.05) is 19.0 Å². The molecule has 0 unspecified atom stereocenters. The number of nitrogens with two attached hydrogens (primary N) is 1. The van der Waals surface area contributed by atoms with Gasteiger partial charge in [-0.25, -0.2) is 4.68 Å². The fourth-order valence-corrected chi connectivity index (χ4v) is 4.59. The quantitative estimate of drug-likeness (QED) is 0.272. The summed E-state index contributed by atoms with van der Waals surface area (Å²) in [5.74, 6) is -0.107. The van der Waals surface area contributed by atoms with Crippen LogP contribution in [0.2, 0.25) is 0 Å². The monoisotopic (exact) mass is 479 g/mol. The average molecular weight is 480 g/mol. The number of nitrogen functional groups attached to an aromatic ring is 1. The molecular weight excluding hydrogens is 454 g/mol. The van der Waals surface area contributed by atoms with Crippen LogP contribution in [0.4, 0.5) is 11.4 Å². The molecule has 174 valence electrons. The van der Waals surface area contributed by atoms with Gasteiger partial charge in [0.25, 0.3) is 0 Å². The average Bonchev–Trinajstić information content (AvgIpc) is 3.58. The van der Waals surface area contributed by atoms with Crippen LogP contribution in [0, 0.1) is 0 Å². The number of benzene rings is 3. The van der Waals surface area contributed by atoms with Crippen LogP contribution in [-0.2, 0) is 17.8 Å². The molecule has 0 aliphatic rings. The van der Waals surface area contributed by atoms with Gasteiger partial charge in [-0.1, -0.05) is 59.8 Å². The lowest BCUT2D eigenvalue weighted by atomic mass is 10.0. The van der Waals surface area contributed by atoms with Crippen LogP contribution in [0.3, 0.4) is 0 Å². The second kappa shape index (κ2) is 10.4. The summed E-state index contributed by atoms with van der Waals surface area (Å²) in [5.41, 5.74) is 13.7. The van der Waals surface area contributed by atoms with E-state index >= 15 is 0 Å². The van der Waals surface area contributed by atoms with Crippen molar-refractivity contribution in [1.82, 2.24) is 15.0 Å². The maximum Gasteiger partial charge on any atom is 0.224 e. The van der Waals surface area contributed by atoms with E-state index in [9.17, 15) is 4.79 Å². The number of aryl methyl sites for hydroxylation is 1. The van der Waals surface area contributed by atoms with Gasteiger partial charge in [-0.05, 0) is 62.8 Å². The number of hydrogen-bond acceptors (Lipinski definition) is 5. The number of anilines is 2. The van der Waals surface area contributed by atoms with Crippen LogP contribution in [0.5, 0.6) is 0 Å². The maximum atomic E-state index is 12.6. The van der Waals surface area contributed by atoms with Crippen molar-refractivity contribution in [2.24, 2.45) is 0 Å². The Balaban J connectivity index is 1.18. The Morgan fingerprint density at radius 1 is 0.914 bits per heavy atom. The lowest BCUT2D eigenvalue weighted by Crippen LogP contribution is -2.13. The summed E-state index contributed by atoms with van der Waals surface area (Å²) in [7, 11) is 0. The first-order valence-corrected chi connectivity index (χ1v) is 12.3. The Morgan fingerprint density at radius 2 is 1.74 bits per heavy atom. The first-order valence-electron chi connectivity index (χ1n) is 11.4. The molecule has 0 aliphatic heterocycles. The molecule has 5 aromatic rings. The van der Waals surface area contributed by atoms with Crippen molar-refractivity contribution in [3.05, 3.63) is 107 Å². The predicted octanol–water partition coefficient (Wildman–Crippen LogP) is 5.88. The SMILES string of the molecule is Nc1ccc(-c2ccsc2)cc1NC(=O)CCc1cn(Cc2cccc(-c3ccccc3)c2)nn1. The minimum atomic E-state index is -0.107. The molecule has 35 heavy (non-hydrogen) atoms. The molecule has 0 aliphatic carbocycles. The molecule has 2 heterocycles. The highest BCUT2D eigenvalue weighted by atomic mass is 32.1. The van der Waals surface area contributed by atoms with Gasteiger partial charge >= 0.3 is 0 Å². The van der Waals surface area contributed by atoms with Gasteiger partial charge in [0.05, 0.1) is 23.6 Å². The topological polar surface area (TPSA) is 85.8 Å². The molecule has 0 saturated heterocycles. The molecule has 6 nitrogen and oxygen atoms in total. The highest BCUT2D eigenvalue weighted by molar-refractivity contribution is 7.08. The smallest absolute Gasteiger partial charge is 0.224 e. The zero-order valence-corrected chi connectivity index (χ0v) is 19.9. The Labute approximate surface area is 208 Å². The third kappa shape index (κ3) is 5.65. The first-order chi connectivity index (χ1) is 17.1. The van der Waals surface area contributed by atoms with E-state index in [2.05, 4.69) is 57.4 Å². The molecule has 0 spiro atoms.